The highest BCUT2D eigenvalue weighted by Gasteiger charge is 1.78. The minimum Gasteiger partial charge on any atom is -0.0623 e. The lowest BCUT2D eigenvalue weighted by molar-refractivity contribution is 1.72. The van der Waals surface area contributed by atoms with Crippen molar-refractivity contribution in [3.8, 4) is 0 Å². The predicted molar refractivity (Wildman–Crippen MR) is 66.8 cm³/mol. The monoisotopic (exact) mass is 218 g/mol. The van der Waals surface area contributed by atoms with E-state index in [2.05, 4.69) is 0 Å². The van der Waals surface area contributed by atoms with Crippen LogP contribution >= 0.6 is 7.36 Å². The van der Waals surface area contributed by atoms with Crippen molar-refractivity contribution in [2.45, 2.75) is 0 Å². The minimum absolute atomic E-state index is 0.933. The van der Waals surface area contributed by atoms with E-state index in [9.17, 15) is 0 Å². The first-order valence-corrected chi connectivity index (χ1v) is 6.22. The van der Waals surface area contributed by atoms with Gasteiger partial charge in [0.1, 0.15) is 0 Å². The molecule has 0 fully saturated rings. The first kappa shape index (κ1) is 11.0. The summed E-state index contributed by atoms with van der Waals surface area (Å²) in [6.45, 7) is 0. The lowest BCUT2D eigenvalue weighted by Crippen LogP contribution is -1.84. The van der Waals surface area contributed by atoms with Gasteiger partial charge in [-0.15, -0.1) is 0 Å². The van der Waals surface area contributed by atoms with Crippen LogP contribution in [0.1, 0.15) is 0 Å². The third-order valence-electron chi connectivity index (χ3n) is 1.53. The maximum Gasteiger partial charge on any atom is 0.0127 e. The standard InChI is InChI=1S/C6H5PS.C6H6/c8-7-6-4-2-1-3-5-6;1-2-4-6-5-3-1/h1-5H;1-6H. The van der Waals surface area contributed by atoms with Crippen molar-refractivity contribution in [1.29, 1.82) is 0 Å². The van der Waals surface area contributed by atoms with Crippen molar-refractivity contribution in [3.05, 3.63) is 66.7 Å². The van der Waals surface area contributed by atoms with Gasteiger partial charge in [-0.1, -0.05) is 66.4 Å². The van der Waals surface area contributed by atoms with Gasteiger partial charge >= 0.3 is 0 Å². The molecule has 0 aliphatic heterocycles. The fourth-order valence-electron chi connectivity index (χ4n) is 0.874. The Morgan fingerprint density at radius 1 is 0.643 bits per heavy atom. The van der Waals surface area contributed by atoms with Crippen LogP contribution in [0, 0.1) is 0 Å². The van der Waals surface area contributed by atoms with E-state index in [0.29, 0.717) is 0 Å². The highest BCUT2D eigenvalue weighted by molar-refractivity contribution is 7.99. The molecular formula is C12H11PS. The van der Waals surface area contributed by atoms with E-state index in [4.69, 9.17) is 11.8 Å². The molecule has 0 spiro atoms. The number of benzene rings is 2. The SMILES string of the molecule is S=Pc1ccccc1.c1ccccc1. The van der Waals surface area contributed by atoms with Crippen molar-refractivity contribution >= 4 is 24.5 Å². The van der Waals surface area contributed by atoms with Crippen LogP contribution in [-0.4, -0.2) is 0 Å². The van der Waals surface area contributed by atoms with Crippen LogP contribution in [0.25, 0.3) is 0 Å². The molecule has 2 rings (SSSR count). The Hall–Kier alpha value is -1.04. The number of hydrogen-bond donors (Lipinski definition) is 0. The molecule has 0 bridgehead atoms. The van der Waals surface area contributed by atoms with Crippen LogP contribution < -0.4 is 5.30 Å². The topological polar surface area (TPSA) is 0 Å². The minimum atomic E-state index is 0.933. The molecule has 0 N–H and O–H groups in total. The quantitative estimate of drug-likeness (QED) is 0.661. The molecule has 0 atom stereocenters. The highest BCUT2D eigenvalue weighted by Crippen LogP contribution is 1.92. The Kier molecular flexibility index (Phi) is 5.81. The molecule has 0 aliphatic rings. The first-order chi connectivity index (χ1) is 6.93. The summed E-state index contributed by atoms with van der Waals surface area (Å²) in [7, 11) is 0.933. The van der Waals surface area contributed by atoms with E-state index in [0.717, 1.165) is 7.36 Å². The molecule has 0 saturated heterocycles. The van der Waals surface area contributed by atoms with Crippen molar-refractivity contribution in [2.75, 3.05) is 0 Å². The molecule has 2 aromatic carbocycles. The molecule has 0 aromatic heterocycles. The average molecular weight is 218 g/mol. The van der Waals surface area contributed by atoms with E-state index in [1.807, 2.05) is 66.7 Å². The Morgan fingerprint density at radius 3 is 1.29 bits per heavy atom. The second kappa shape index (κ2) is 7.37. The molecule has 0 radical (unpaired) electrons. The fraction of sp³-hybridized carbons (Fsp3) is 0. The van der Waals surface area contributed by atoms with Crippen LogP contribution in [0.5, 0.6) is 0 Å². The van der Waals surface area contributed by atoms with Crippen LogP contribution in [-0.2, 0) is 11.8 Å². The van der Waals surface area contributed by atoms with Crippen molar-refractivity contribution < 1.29 is 0 Å². The number of rotatable bonds is 1. The van der Waals surface area contributed by atoms with Gasteiger partial charge in [0.25, 0.3) is 0 Å². The second-order valence-electron chi connectivity index (χ2n) is 2.58. The zero-order valence-corrected chi connectivity index (χ0v) is 9.42. The Morgan fingerprint density at radius 2 is 1.00 bits per heavy atom. The molecule has 0 unspecified atom stereocenters. The molecule has 70 valence electrons. The van der Waals surface area contributed by atoms with Gasteiger partial charge in [-0.3, -0.25) is 0 Å². The Balaban J connectivity index is 0.000000146. The van der Waals surface area contributed by atoms with Gasteiger partial charge in [0.2, 0.25) is 0 Å². The van der Waals surface area contributed by atoms with Gasteiger partial charge < -0.3 is 0 Å². The summed E-state index contributed by atoms with van der Waals surface area (Å²) in [5.41, 5.74) is 0. The summed E-state index contributed by atoms with van der Waals surface area (Å²) in [6.07, 6.45) is 0. The third kappa shape index (κ3) is 4.86. The zero-order valence-electron chi connectivity index (χ0n) is 7.71. The molecule has 0 heterocycles. The maximum atomic E-state index is 4.79. The maximum absolute atomic E-state index is 4.79. The Bertz CT molecular complexity index is 319. The summed E-state index contributed by atoms with van der Waals surface area (Å²) in [4.78, 5) is 0. The first-order valence-electron chi connectivity index (χ1n) is 4.32. The molecule has 0 amide bonds. The van der Waals surface area contributed by atoms with E-state index >= 15 is 0 Å². The molecule has 0 nitrogen and oxygen atoms in total. The largest absolute Gasteiger partial charge is 0.0623 e. The molecule has 0 aliphatic carbocycles. The van der Waals surface area contributed by atoms with Gasteiger partial charge in [-0.2, -0.15) is 0 Å². The molecule has 2 aromatic rings. The lowest BCUT2D eigenvalue weighted by Gasteiger charge is -1.82. The Labute approximate surface area is 91.4 Å². The second-order valence-corrected chi connectivity index (χ2v) is 3.83. The number of hydrogen-bond acceptors (Lipinski definition) is 1. The van der Waals surface area contributed by atoms with Crippen molar-refractivity contribution in [1.82, 2.24) is 0 Å². The van der Waals surface area contributed by atoms with Crippen molar-refractivity contribution in [2.24, 2.45) is 0 Å². The average Bonchev–Trinajstić information content (AvgIpc) is 2.33. The summed E-state index contributed by atoms with van der Waals surface area (Å²) < 4.78 is 0. The molecular weight excluding hydrogens is 207 g/mol. The van der Waals surface area contributed by atoms with Crippen LogP contribution in [0.4, 0.5) is 0 Å². The molecule has 2 heteroatoms. The van der Waals surface area contributed by atoms with Gasteiger partial charge in [0.15, 0.2) is 0 Å². The van der Waals surface area contributed by atoms with Gasteiger partial charge in [-0.05, 0) is 12.1 Å². The zero-order chi connectivity index (χ0) is 10.1. The van der Waals surface area contributed by atoms with Gasteiger partial charge in [0.05, 0.1) is 0 Å². The van der Waals surface area contributed by atoms with E-state index in [-0.39, 0.29) is 0 Å². The molecule has 0 saturated carbocycles. The van der Waals surface area contributed by atoms with Crippen LogP contribution in [0.2, 0.25) is 0 Å². The fourth-order valence-corrected chi connectivity index (χ4v) is 1.53. The predicted octanol–water partition coefficient (Wildman–Crippen LogP) is 3.41. The van der Waals surface area contributed by atoms with E-state index in [1.54, 1.807) is 0 Å². The lowest BCUT2D eigenvalue weighted by atomic mass is 10.4. The summed E-state index contributed by atoms with van der Waals surface area (Å²) in [5, 5.41) is 1.20. The van der Waals surface area contributed by atoms with Crippen molar-refractivity contribution in [3.63, 3.8) is 0 Å². The summed E-state index contributed by atoms with van der Waals surface area (Å²) >= 11 is 4.79. The summed E-state index contributed by atoms with van der Waals surface area (Å²) in [6, 6.07) is 22.0. The highest BCUT2D eigenvalue weighted by atomic mass is 32.4. The van der Waals surface area contributed by atoms with Crippen LogP contribution in [0.3, 0.4) is 0 Å². The van der Waals surface area contributed by atoms with Crippen LogP contribution in [0.15, 0.2) is 66.7 Å². The smallest absolute Gasteiger partial charge is 0.0127 e. The van der Waals surface area contributed by atoms with E-state index in [1.165, 1.54) is 5.30 Å². The van der Waals surface area contributed by atoms with Gasteiger partial charge in [-0.25, -0.2) is 0 Å². The van der Waals surface area contributed by atoms with Gasteiger partial charge in [0, 0.05) is 12.7 Å². The summed E-state index contributed by atoms with van der Waals surface area (Å²) in [5.74, 6) is 0. The normalized spacial score (nSPS) is 8.86. The third-order valence-corrected chi connectivity index (χ3v) is 2.67. The molecule has 14 heavy (non-hydrogen) atoms. The van der Waals surface area contributed by atoms with E-state index < -0.39 is 0 Å².